The molecular weight excluding hydrogens is 227 g/mol. The molecule has 3 heteroatoms. The topological polar surface area (TPSA) is 15.3 Å². The maximum Gasteiger partial charge on any atom is 0.126 e. The normalized spacial score (nSPS) is 12.2. The lowest BCUT2D eigenvalue weighted by Gasteiger charge is -2.28. The van der Waals surface area contributed by atoms with Gasteiger partial charge >= 0.3 is 0 Å². The summed E-state index contributed by atoms with van der Waals surface area (Å²) < 4.78 is 13.4. The summed E-state index contributed by atoms with van der Waals surface area (Å²) in [6, 6.07) is 5.42. The van der Waals surface area contributed by atoms with Crippen LogP contribution < -0.4 is 5.32 Å². The predicted molar refractivity (Wildman–Crippen MR) is 75.2 cm³/mol. The summed E-state index contributed by atoms with van der Waals surface area (Å²) in [6.45, 7) is 8.91. The third-order valence-electron chi connectivity index (χ3n) is 2.91. The molecule has 0 radical (unpaired) electrons. The fourth-order valence-corrected chi connectivity index (χ4v) is 2.20. The number of benzene rings is 1. The molecule has 0 fully saturated rings. The van der Waals surface area contributed by atoms with Crippen LogP contribution in [0.5, 0.6) is 0 Å². The highest BCUT2D eigenvalue weighted by Crippen LogP contribution is 2.15. The summed E-state index contributed by atoms with van der Waals surface area (Å²) in [5.41, 5.74) is 1.91. The maximum absolute atomic E-state index is 13.4. The van der Waals surface area contributed by atoms with E-state index < -0.39 is 0 Å². The van der Waals surface area contributed by atoms with Crippen LogP contribution in [-0.2, 0) is 6.54 Å². The first-order valence-corrected chi connectivity index (χ1v) is 6.41. The number of nitrogens with one attached hydrogen (secondary N) is 1. The van der Waals surface area contributed by atoms with Gasteiger partial charge in [0.05, 0.1) is 0 Å². The quantitative estimate of drug-likeness (QED) is 0.837. The second kappa shape index (κ2) is 6.30. The molecule has 0 aliphatic rings. The SMILES string of the molecule is Cc1ccc(CNCC(C)(C)CN(C)C)cc1F. The monoisotopic (exact) mass is 252 g/mol. The Morgan fingerprint density at radius 3 is 2.50 bits per heavy atom. The van der Waals surface area contributed by atoms with Crippen molar-refractivity contribution in [2.45, 2.75) is 27.3 Å². The fraction of sp³-hybridized carbons (Fsp3) is 0.600. The first-order chi connectivity index (χ1) is 8.30. The zero-order chi connectivity index (χ0) is 13.8. The summed E-state index contributed by atoms with van der Waals surface area (Å²) in [5.74, 6) is -0.123. The van der Waals surface area contributed by atoms with E-state index in [0.29, 0.717) is 12.1 Å². The van der Waals surface area contributed by atoms with E-state index in [1.807, 2.05) is 12.1 Å². The highest BCUT2D eigenvalue weighted by molar-refractivity contribution is 5.23. The molecule has 1 rings (SSSR count). The molecule has 0 aromatic heterocycles. The van der Waals surface area contributed by atoms with Crippen LogP contribution in [0.1, 0.15) is 25.0 Å². The number of nitrogens with zero attached hydrogens (tertiary/aromatic N) is 1. The molecule has 0 spiro atoms. The average molecular weight is 252 g/mol. The molecule has 0 saturated heterocycles. The molecule has 1 aromatic carbocycles. The molecule has 0 bridgehead atoms. The number of hydrogen-bond donors (Lipinski definition) is 1. The molecule has 18 heavy (non-hydrogen) atoms. The Morgan fingerprint density at radius 1 is 1.28 bits per heavy atom. The van der Waals surface area contributed by atoms with Crippen LogP contribution in [-0.4, -0.2) is 32.1 Å². The van der Waals surface area contributed by atoms with Gasteiger partial charge in [-0.15, -0.1) is 0 Å². The Hall–Kier alpha value is -0.930. The molecular formula is C15H25FN2. The van der Waals surface area contributed by atoms with Gasteiger partial charge < -0.3 is 10.2 Å². The molecule has 0 amide bonds. The zero-order valence-electron chi connectivity index (χ0n) is 12.2. The van der Waals surface area contributed by atoms with Crippen molar-refractivity contribution in [2.24, 2.45) is 5.41 Å². The summed E-state index contributed by atoms with van der Waals surface area (Å²) in [7, 11) is 4.16. The van der Waals surface area contributed by atoms with Gasteiger partial charge in [0.15, 0.2) is 0 Å². The molecule has 1 N–H and O–H groups in total. The predicted octanol–water partition coefficient (Wildman–Crippen LogP) is 2.81. The second-order valence-corrected chi connectivity index (χ2v) is 6.09. The van der Waals surface area contributed by atoms with E-state index in [9.17, 15) is 4.39 Å². The minimum Gasteiger partial charge on any atom is -0.312 e. The zero-order valence-corrected chi connectivity index (χ0v) is 12.2. The van der Waals surface area contributed by atoms with Gasteiger partial charge in [-0.2, -0.15) is 0 Å². The van der Waals surface area contributed by atoms with Crippen molar-refractivity contribution in [3.05, 3.63) is 35.1 Å². The van der Waals surface area contributed by atoms with Crippen molar-refractivity contribution in [1.29, 1.82) is 0 Å². The van der Waals surface area contributed by atoms with Crippen molar-refractivity contribution in [3.63, 3.8) is 0 Å². The standard InChI is InChI=1S/C15H25FN2/c1-12-6-7-13(8-14(12)16)9-17-10-15(2,3)11-18(4)5/h6-8,17H,9-11H2,1-5H3. The van der Waals surface area contributed by atoms with E-state index in [1.54, 1.807) is 13.0 Å². The molecule has 0 heterocycles. The van der Waals surface area contributed by atoms with Gasteiger partial charge in [-0.25, -0.2) is 4.39 Å². The van der Waals surface area contributed by atoms with Crippen molar-refractivity contribution in [3.8, 4) is 0 Å². The van der Waals surface area contributed by atoms with Gasteiger partial charge in [0.1, 0.15) is 5.82 Å². The third kappa shape index (κ3) is 5.15. The third-order valence-corrected chi connectivity index (χ3v) is 2.91. The Balaban J connectivity index is 2.43. The highest BCUT2D eigenvalue weighted by atomic mass is 19.1. The van der Waals surface area contributed by atoms with Crippen molar-refractivity contribution >= 4 is 0 Å². The van der Waals surface area contributed by atoms with Gasteiger partial charge in [0.25, 0.3) is 0 Å². The minimum atomic E-state index is -0.123. The Bertz CT molecular complexity index is 386. The first kappa shape index (κ1) is 15.1. The van der Waals surface area contributed by atoms with Crippen LogP contribution in [0.2, 0.25) is 0 Å². The fourth-order valence-electron chi connectivity index (χ4n) is 2.20. The lowest BCUT2D eigenvalue weighted by molar-refractivity contribution is 0.232. The largest absolute Gasteiger partial charge is 0.312 e. The van der Waals surface area contributed by atoms with Crippen LogP contribution in [0.15, 0.2) is 18.2 Å². The summed E-state index contributed by atoms with van der Waals surface area (Å²) in [4.78, 5) is 2.19. The average Bonchev–Trinajstić information content (AvgIpc) is 2.21. The van der Waals surface area contributed by atoms with Gasteiger partial charge in [-0.3, -0.25) is 0 Å². The number of aryl methyl sites for hydroxylation is 1. The minimum absolute atomic E-state index is 0.123. The smallest absolute Gasteiger partial charge is 0.126 e. The van der Waals surface area contributed by atoms with Crippen LogP contribution in [0.25, 0.3) is 0 Å². The molecule has 0 aliphatic carbocycles. The lowest BCUT2D eigenvalue weighted by Crippen LogP contribution is -2.37. The van der Waals surface area contributed by atoms with E-state index in [2.05, 4.69) is 38.2 Å². The number of rotatable bonds is 6. The van der Waals surface area contributed by atoms with E-state index in [1.165, 1.54) is 0 Å². The summed E-state index contributed by atoms with van der Waals surface area (Å²) >= 11 is 0. The highest BCUT2D eigenvalue weighted by Gasteiger charge is 2.18. The second-order valence-electron chi connectivity index (χ2n) is 6.09. The number of halogens is 1. The van der Waals surface area contributed by atoms with E-state index in [0.717, 1.165) is 18.7 Å². The molecule has 0 aliphatic heterocycles. The van der Waals surface area contributed by atoms with Gasteiger partial charge in [0, 0.05) is 19.6 Å². The van der Waals surface area contributed by atoms with Gasteiger partial charge in [-0.05, 0) is 43.6 Å². The Morgan fingerprint density at radius 2 is 1.94 bits per heavy atom. The Labute approximate surface area is 110 Å². The molecule has 102 valence electrons. The van der Waals surface area contributed by atoms with E-state index in [-0.39, 0.29) is 11.2 Å². The van der Waals surface area contributed by atoms with Crippen LogP contribution in [0.4, 0.5) is 4.39 Å². The summed E-state index contributed by atoms with van der Waals surface area (Å²) in [6.07, 6.45) is 0. The molecule has 0 atom stereocenters. The van der Waals surface area contributed by atoms with Gasteiger partial charge in [0.2, 0.25) is 0 Å². The van der Waals surface area contributed by atoms with Crippen LogP contribution in [0.3, 0.4) is 0 Å². The number of hydrogen-bond acceptors (Lipinski definition) is 2. The van der Waals surface area contributed by atoms with Crippen LogP contribution in [0, 0.1) is 18.2 Å². The molecule has 2 nitrogen and oxygen atoms in total. The first-order valence-electron chi connectivity index (χ1n) is 6.41. The van der Waals surface area contributed by atoms with Crippen molar-refractivity contribution in [2.75, 3.05) is 27.2 Å². The van der Waals surface area contributed by atoms with E-state index >= 15 is 0 Å². The van der Waals surface area contributed by atoms with Gasteiger partial charge in [-0.1, -0.05) is 26.0 Å². The lowest BCUT2D eigenvalue weighted by atomic mass is 9.93. The van der Waals surface area contributed by atoms with Crippen molar-refractivity contribution < 1.29 is 4.39 Å². The molecule has 0 saturated carbocycles. The Kier molecular flexibility index (Phi) is 5.29. The molecule has 0 unspecified atom stereocenters. The summed E-state index contributed by atoms with van der Waals surface area (Å²) in [5, 5.41) is 3.40. The maximum atomic E-state index is 13.4. The van der Waals surface area contributed by atoms with Crippen molar-refractivity contribution in [1.82, 2.24) is 10.2 Å². The van der Waals surface area contributed by atoms with Crippen LogP contribution >= 0.6 is 0 Å². The van der Waals surface area contributed by atoms with E-state index in [4.69, 9.17) is 0 Å². The molecule has 1 aromatic rings.